The molecule has 1 rings (SSSR count). The van der Waals surface area contributed by atoms with Gasteiger partial charge in [0.25, 0.3) is 0 Å². The van der Waals surface area contributed by atoms with E-state index in [0.29, 0.717) is 18.0 Å². The van der Waals surface area contributed by atoms with Gasteiger partial charge in [-0.15, -0.1) is 0 Å². The van der Waals surface area contributed by atoms with Crippen LogP contribution >= 0.6 is 0 Å². The molecule has 0 saturated carbocycles. The second-order valence-electron chi connectivity index (χ2n) is 3.45. The van der Waals surface area contributed by atoms with Crippen LogP contribution in [0.2, 0.25) is 0 Å². The minimum Gasteiger partial charge on any atom is -0.494 e. The van der Waals surface area contributed by atoms with Gasteiger partial charge in [0.15, 0.2) is 0 Å². The number of carbonyl (C=O) groups is 1. The molecule has 17 heavy (non-hydrogen) atoms. The first kappa shape index (κ1) is 13.3. The first-order valence-corrected chi connectivity index (χ1v) is 5.38. The van der Waals surface area contributed by atoms with Crippen LogP contribution in [0, 0.1) is 0 Å². The summed E-state index contributed by atoms with van der Waals surface area (Å²) in [4.78, 5) is 10.9. The zero-order chi connectivity index (χ0) is 12.7. The van der Waals surface area contributed by atoms with Gasteiger partial charge in [0.1, 0.15) is 11.8 Å². The lowest BCUT2D eigenvalue weighted by Crippen LogP contribution is -2.33. The van der Waals surface area contributed by atoms with Gasteiger partial charge in [-0.25, -0.2) is 4.79 Å². The van der Waals surface area contributed by atoms with Crippen LogP contribution in [0.25, 0.3) is 0 Å². The summed E-state index contributed by atoms with van der Waals surface area (Å²) >= 11 is 0. The number of hydrogen-bond donors (Lipinski definition) is 2. The van der Waals surface area contributed by atoms with Gasteiger partial charge in [-0.2, -0.15) is 0 Å². The van der Waals surface area contributed by atoms with Crippen molar-refractivity contribution >= 4 is 11.7 Å². The van der Waals surface area contributed by atoms with Crippen LogP contribution in [0.4, 0.5) is 5.69 Å². The summed E-state index contributed by atoms with van der Waals surface area (Å²) in [6, 6.07) is 6.40. The van der Waals surface area contributed by atoms with E-state index >= 15 is 0 Å². The number of rotatable bonds is 7. The van der Waals surface area contributed by atoms with Crippen molar-refractivity contribution in [1.29, 1.82) is 0 Å². The molecule has 0 aliphatic heterocycles. The number of carboxylic acid groups (broad SMARTS) is 1. The van der Waals surface area contributed by atoms with Gasteiger partial charge in [0, 0.05) is 18.9 Å². The normalized spacial score (nSPS) is 11.9. The molecule has 1 unspecified atom stereocenters. The number of aliphatic carboxylic acids is 1. The average Bonchev–Trinajstić information content (AvgIpc) is 2.29. The zero-order valence-corrected chi connectivity index (χ0v) is 9.97. The molecular formula is C12H17NO4. The lowest BCUT2D eigenvalue weighted by Gasteiger charge is -2.15. The predicted octanol–water partition coefficient (Wildman–Crippen LogP) is 1.60. The average molecular weight is 239 g/mol. The fourth-order valence-corrected chi connectivity index (χ4v) is 1.38. The van der Waals surface area contributed by atoms with Crippen molar-refractivity contribution in [3.05, 3.63) is 24.3 Å². The number of benzene rings is 1. The number of anilines is 1. The number of ether oxygens (including phenoxy) is 2. The van der Waals surface area contributed by atoms with E-state index in [0.717, 1.165) is 0 Å². The van der Waals surface area contributed by atoms with Gasteiger partial charge in [0.05, 0.1) is 13.2 Å². The molecule has 0 aliphatic rings. The summed E-state index contributed by atoms with van der Waals surface area (Å²) in [5.74, 6) is -0.243. The first-order valence-electron chi connectivity index (χ1n) is 5.38. The molecule has 0 bridgehead atoms. The van der Waals surface area contributed by atoms with Gasteiger partial charge in [-0.3, -0.25) is 0 Å². The quantitative estimate of drug-likeness (QED) is 0.756. The van der Waals surface area contributed by atoms with Crippen molar-refractivity contribution in [2.24, 2.45) is 0 Å². The maximum absolute atomic E-state index is 10.9. The molecule has 0 aliphatic carbocycles. The number of carboxylic acids is 1. The lowest BCUT2D eigenvalue weighted by atomic mass is 10.2. The van der Waals surface area contributed by atoms with Crippen LogP contribution in [-0.2, 0) is 9.53 Å². The number of nitrogens with one attached hydrogen (secondary N) is 1. The Hall–Kier alpha value is -1.75. The molecule has 1 atom stereocenters. The van der Waals surface area contributed by atoms with Gasteiger partial charge in [-0.1, -0.05) is 6.07 Å². The topological polar surface area (TPSA) is 67.8 Å². The minimum absolute atomic E-state index is 0.105. The van der Waals surface area contributed by atoms with Crippen molar-refractivity contribution in [3.63, 3.8) is 0 Å². The fourth-order valence-electron chi connectivity index (χ4n) is 1.38. The van der Waals surface area contributed by atoms with E-state index in [-0.39, 0.29) is 6.61 Å². The Labute approximate surface area is 100 Å². The van der Waals surface area contributed by atoms with E-state index in [4.69, 9.17) is 14.6 Å². The summed E-state index contributed by atoms with van der Waals surface area (Å²) in [7, 11) is 1.47. The molecule has 0 aromatic heterocycles. The summed E-state index contributed by atoms with van der Waals surface area (Å²) in [6.45, 7) is 2.57. The van der Waals surface area contributed by atoms with E-state index in [9.17, 15) is 4.79 Å². The number of methoxy groups -OCH3 is 1. The molecule has 0 fully saturated rings. The molecule has 5 nitrogen and oxygen atoms in total. The largest absolute Gasteiger partial charge is 0.494 e. The van der Waals surface area contributed by atoms with E-state index in [1.54, 1.807) is 18.2 Å². The highest BCUT2D eigenvalue weighted by atomic mass is 16.5. The Morgan fingerprint density at radius 3 is 2.88 bits per heavy atom. The molecule has 1 aromatic rings. The van der Waals surface area contributed by atoms with E-state index < -0.39 is 12.0 Å². The Morgan fingerprint density at radius 1 is 1.53 bits per heavy atom. The van der Waals surface area contributed by atoms with Gasteiger partial charge in [0.2, 0.25) is 0 Å². The van der Waals surface area contributed by atoms with Crippen LogP contribution in [0.15, 0.2) is 24.3 Å². The Morgan fingerprint density at radius 2 is 2.29 bits per heavy atom. The van der Waals surface area contributed by atoms with Crippen molar-refractivity contribution in [1.82, 2.24) is 0 Å². The fraction of sp³-hybridized carbons (Fsp3) is 0.417. The number of hydrogen-bond acceptors (Lipinski definition) is 4. The second kappa shape index (κ2) is 6.75. The van der Waals surface area contributed by atoms with Gasteiger partial charge >= 0.3 is 5.97 Å². The van der Waals surface area contributed by atoms with Crippen molar-refractivity contribution in [2.75, 3.05) is 25.6 Å². The maximum Gasteiger partial charge on any atom is 0.328 e. The van der Waals surface area contributed by atoms with E-state index in [1.807, 2.05) is 13.0 Å². The van der Waals surface area contributed by atoms with Crippen molar-refractivity contribution in [2.45, 2.75) is 13.0 Å². The zero-order valence-electron chi connectivity index (χ0n) is 9.97. The summed E-state index contributed by atoms with van der Waals surface area (Å²) in [6.07, 6.45) is 0. The molecule has 0 spiro atoms. The molecular weight excluding hydrogens is 222 g/mol. The van der Waals surface area contributed by atoms with Crippen LogP contribution in [0.5, 0.6) is 5.75 Å². The Bertz CT molecular complexity index is 367. The molecule has 0 saturated heterocycles. The van der Waals surface area contributed by atoms with Crippen molar-refractivity contribution < 1.29 is 19.4 Å². The Balaban J connectivity index is 2.71. The maximum atomic E-state index is 10.9. The first-order chi connectivity index (χ1) is 8.17. The Kier molecular flexibility index (Phi) is 5.29. The van der Waals surface area contributed by atoms with Gasteiger partial charge < -0.3 is 19.9 Å². The van der Waals surface area contributed by atoms with E-state index in [1.165, 1.54) is 7.11 Å². The summed E-state index contributed by atoms with van der Waals surface area (Å²) < 4.78 is 10.2. The monoisotopic (exact) mass is 239 g/mol. The third-order valence-corrected chi connectivity index (χ3v) is 2.12. The van der Waals surface area contributed by atoms with E-state index in [2.05, 4.69) is 5.32 Å². The van der Waals surface area contributed by atoms with Crippen LogP contribution in [0.1, 0.15) is 6.92 Å². The smallest absolute Gasteiger partial charge is 0.328 e. The highest BCUT2D eigenvalue weighted by Gasteiger charge is 2.16. The SMILES string of the molecule is CCOc1cccc(NC(COC)C(=O)O)c1. The molecule has 2 N–H and O–H groups in total. The second-order valence-corrected chi connectivity index (χ2v) is 3.45. The third-order valence-electron chi connectivity index (χ3n) is 2.12. The molecule has 0 radical (unpaired) electrons. The lowest BCUT2D eigenvalue weighted by molar-refractivity contribution is -0.139. The molecule has 5 heteroatoms. The molecule has 0 amide bonds. The standard InChI is InChI=1S/C12H17NO4/c1-3-17-10-6-4-5-9(7-10)13-11(8-16-2)12(14)15/h4-7,11,13H,3,8H2,1-2H3,(H,14,15). The van der Waals surface area contributed by atoms with Crippen LogP contribution in [0.3, 0.4) is 0 Å². The summed E-state index contributed by atoms with van der Waals surface area (Å²) in [5.41, 5.74) is 0.695. The van der Waals surface area contributed by atoms with Crippen molar-refractivity contribution in [3.8, 4) is 5.75 Å². The summed E-state index contributed by atoms with van der Waals surface area (Å²) in [5, 5.41) is 11.8. The molecule has 94 valence electrons. The molecule has 1 aromatic carbocycles. The highest BCUT2D eigenvalue weighted by Crippen LogP contribution is 2.18. The van der Waals surface area contributed by atoms with Crippen LogP contribution < -0.4 is 10.1 Å². The van der Waals surface area contributed by atoms with Gasteiger partial charge in [-0.05, 0) is 19.1 Å². The highest BCUT2D eigenvalue weighted by molar-refractivity contribution is 5.77. The van der Waals surface area contributed by atoms with Crippen LogP contribution in [-0.4, -0.2) is 37.4 Å². The molecule has 0 heterocycles. The predicted molar refractivity (Wildman–Crippen MR) is 64.5 cm³/mol. The minimum atomic E-state index is -0.950. The third kappa shape index (κ3) is 4.32.